The summed E-state index contributed by atoms with van der Waals surface area (Å²) in [6.45, 7) is 5.72. The van der Waals surface area contributed by atoms with E-state index in [0.717, 1.165) is 12.0 Å². The minimum atomic E-state index is -4.03. The van der Waals surface area contributed by atoms with Crippen LogP contribution in [0.5, 0.6) is 0 Å². The van der Waals surface area contributed by atoms with Crippen LogP contribution in [-0.4, -0.2) is 31.6 Å². The van der Waals surface area contributed by atoms with E-state index in [1.807, 2.05) is 6.92 Å². The van der Waals surface area contributed by atoms with Gasteiger partial charge in [0.25, 0.3) is 10.1 Å². The molecule has 0 aliphatic rings. The van der Waals surface area contributed by atoms with Gasteiger partial charge in [0.05, 0.1) is 11.5 Å². The molecule has 3 N–H and O–H groups in total. The molecule has 0 amide bonds. The molecule has 0 aromatic heterocycles. The van der Waals surface area contributed by atoms with Crippen LogP contribution in [0.15, 0.2) is 29.2 Å². The van der Waals surface area contributed by atoms with Crippen LogP contribution in [0, 0.1) is 0 Å². The lowest BCUT2D eigenvalue weighted by Gasteiger charge is -2.02. The largest absolute Gasteiger partial charge is 0.465 e. The number of rotatable bonds is 4. The molecule has 0 spiro atoms. The second kappa shape index (κ2) is 8.68. The zero-order valence-corrected chi connectivity index (χ0v) is 12.7. The Labute approximate surface area is 119 Å². The van der Waals surface area contributed by atoms with Crippen molar-refractivity contribution < 1.29 is 22.5 Å². The summed E-state index contributed by atoms with van der Waals surface area (Å²) in [6.07, 6.45) is 0.853. The van der Waals surface area contributed by atoms with Crippen molar-refractivity contribution in [1.29, 1.82) is 0 Å². The third-order valence-electron chi connectivity index (χ3n) is 2.29. The number of carbonyl (C=O) groups excluding carboxylic acids is 1. The number of nitrogens with two attached hydrogens (primary N) is 1. The first-order valence-corrected chi connectivity index (χ1v) is 7.65. The predicted molar refractivity (Wildman–Crippen MR) is 75.9 cm³/mol. The van der Waals surface area contributed by atoms with Crippen molar-refractivity contribution in [2.75, 3.05) is 6.61 Å². The fourth-order valence-electron chi connectivity index (χ4n) is 1.17. The fourth-order valence-corrected chi connectivity index (χ4v) is 1.65. The number of hydrogen-bond acceptors (Lipinski definition) is 5. The first-order valence-electron chi connectivity index (χ1n) is 6.21. The van der Waals surface area contributed by atoms with Gasteiger partial charge in [-0.15, -0.1) is 0 Å². The van der Waals surface area contributed by atoms with Gasteiger partial charge in [-0.05, 0) is 38.0 Å². The molecule has 7 heteroatoms. The summed E-state index contributed by atoms with van der Waals surface area (Å²) < 4.78 is 34.3. The smallest absolute Gasteiger partial charge is 0.322 e. The third-order valence-corrected chi connectivity index (χ3v) is 3.16. The number of aryl methyl sites for hydroxylation is 1. The first-order chi connectivity index (χ1) is 9.22. The zero-order valence-electron chi connectivity index (χ0n) is 11.9. The van der Waals surface area contributed by atoms with Gasteiger partial charge in [-0.25, -0.2) is 0 Å². The summed E-state index contributed by atoms with van der Waals surface area (Å²) >= 11 is 0. The number of carbonyl (C=O) groups is 1. The Morgan fingerprint density at radius 2 is 1.80 bits per heavy atom. The van der Waals surface area contributed by atoms with E-state index in [1.165, 1.54) is 12.1 Å². The van der Waals surface area contributed by atoms with Crippen molar-refractivity contribution in [2.45, 2.75) is 38.1 Å². The van der Waals surface area contributed by atoms with Gasteiger partial charge in [-0.2, -0.15) is 8.42 Å². The van der Waals surface area contributed by atoms with E-state index in [-0.39, 0.29) is 10.9 Å². The van der Waals surface area contributed by atoms with Crippen molar-refractivity contribution in [3.63, 3.8) is 0 Å². The average molecular weight is 303 g/mol. The Hall–Kier alpha value is -1.44. The lowest BCUT2D eigenvalue weighted by molar-refractivity contribution is -0.144. The Kier molecular flexibility index (Phi) is 8.05. The normalized spacial score (nSPS) is 12.1. The van der Waals surface area contributed by atoms with Crippen LogP contribution in [0.4, 0.5) is 0 Å². The summed E-state index contributed by atoms with van der Waals surface area (Å²) in [7, 11) is -4.03. The van der Waals surface area contributed by atoms with Crippen molar-refractivity contribution in [1.82, 2.24) is 0 Å². The van der Waals surface area contributed by atoms with E-state index in [9.17, 15) is 13.2 Å². The highest BCUT2D eigenvalue weighted by Gasteiger charge is 2.07. The molecule has 1 atom stereocenters. The topological polar surface area (TPSA) is 107 Å². The van der Waals surface area contributed by atoms with Crippen molar-refractivity contribution in [2.24, 2.45) is 5.73 Å². The van der Waals surface area contributed by atoms with E-state index >= 15 is 0 Å². The van der Waals surface area contributed by atoms with Gasteiger partial charge in [0, 0.05) is 0 Å². The fraction of sp³-hybridized carbons (Fsp3) is 0.462. The minimum absolute atomic E-state index is 0.0558. The average Bonchev–Trinajstić information content (AvgIpc) is 2.38. The summed E-state index contributed by atoms with van der Waals surface area (Å²) in [5.74, 6) is -0.340. The molecule has 0 fully saturated rings. The molecular weight excluding hydrogens is 282 g/mol. The van der Waals surface area contributed by atoms with Gasteiger partial charge in [-0.3, -0.25) is 9.35 Å². The number of hydrogen-bond donors (Lipinski definition) is 2. The van der Waals surface area contributed by atoms with Crippen LogP contribution in [0.25, 0.3) is 0 Å². The molecule has 1 aromatic carbocycles. The quantitative estimate of drug-likeness (QED) is 0.643. The lowest BCUT2D eigenvalue weighted by atomic mass is 10.2. The molecule has 20 heavy (non-hydrogen) atoms. The Bertz CT molecular complexity index is 508. The summed E-state index contributed by atoms with van der Waals surface area (Å²) in [6, 6.07) is 5.67. The molecule has 0 aliphatic carbocycles. The number of benzene rings is 1. The molecule has 114 valence electrons. The molecule has 0 aliphatic heterocycles. The molecule has 0 bridgehead atoms. The summed E-state index contributed by atoms with van der Waals surface area (Å²) in [5, 5.41) is 0. The lowest BCUT2D eigenvalue weighted by Crippen LogP contribution is -2.28. The molecule has 0 saturated carbocycles. The van der Waals surface area contributed by atoms with Gasteiger partial charge in [0.2, 0.25) is 0 Å². The first kappa shape index (κ1) is 18.6. The maximum atomic E-state index is 10.6. The highest BCUT2D eigenvalue weighted by Crippen LogP contribution is 2.09. The van der Waals surface area contributed by atoms with Gasteiger partial charge >= 0.3 is 5.97 Å². The predicted octanol–water partition coefficient (Wildman–Crippen LogP) is 1.39. The third kappa shape index (κ3) is 7.22. The van der Waals surface area contributed by atoms with E-state index < -0.39 is 16.2 Å². The maximum absolute atomic E-state index is 10.6. The molecule has 1 unspecified atom stereocenters. The molecule has 1 aromatic rings. The van der Waals surface area contributed by atoms with Crippen LogP contribution in [-0.2, 0) is 26.1 Å². The second-order valence-electron chi connectivity index (χ2n) is 4.01. The Morgan fingerprint density at radius 3 is 2.05 bits per heavy atom. The van der Waals surface area contributed by atoms with E-state index in [2.05, 4.69) is 4.74 Å². The van der Waals surface area contributed by atoms with E-state index in [4.69, 9.17) is 10.3 Å². The second-order valence-corrected chi connectivity index (χ2v) is 5.43. The van der Waals surface area contributed by atoms with Crippen molar-refractivity contribution >= 4 is 16.1 Å². The number of esters is 1. The molecule has 0 radical (unpaired) electrons. The molecular formula is C13H21NO5S. The van der Waals surface area contributed by atoms with Crippen LogP contribution in [0.2, 0.25) is 0 Å². The van der Waals surface area contributed by atoms with Crippen LogP contribution in [0.3, 0.4) is 0 Å². The summed E-state index contributed by atoms with van der Waals surface area (Å²) in [5.41, 5.74) is 6.19. The van der Waals surface area contributed by atoms with E-state index in [1.54, 1.807) is 26.0 Å². The van der Waals surface area contributed by atoms with Crippen LogP contribution < -0.4 is 5.73 Å². The number of ether oxygens (including phenoxy) is 1. The minimum Gasteiger partial charge on any atom is -0.465 e. The van der Waals surface area contributed by atoms with Crippen LogP contribution in [0.1, 0.15) is 26.3 Å². The van der Waals surface area contributed by atoms with Gasteiger partial charge < -0.3 is 10.5 Å². The SMILES string of the molecule is CCOC(=O)C(C)N.CCc1ccc(S(=O)(=O)O)cc1. The monoisotopic (exact) mass is 303 g/mol. The van der Waals surface area contributed by atoms with E-state index in [0.29, 0.717) is 6.61 Å². The van der Waals surface area contributed by atoms with Crippen molar-refractivity contribution in [3.8, 4) is 0 Å². The molecule has 1 rings (SSSR count). The molecule has 0 heterocycles. The van der Waals surface area contributed by atoms with Gasteiger partial charge in [0.15, 0.2) is 0 Å². The van der Waals surface area contributed by atoms with Crippen LogP contribution >= 0.6 is 0 Å². The molecule has 0 saturated heterocycles. The van der Waals surface area contributed by atoms with Gasteiger partial charge in [-0.1, -0.05) is 19.1 Å². The maximum Gasteiger partial charge on any atom is 0.322 e. The highest BCUT2D eigenvalue weighted by molar-refractivity contribution is 7.85. The van der Waals surface area contributed by atoms with Crippen molar-refractivity contribution in [3.05, 3.63) is 29.8 Å². The molecule has 6 nitrogen and oxygen atoms in total. The highest BCUT2D eigenvalue weighted by atomic mass is 32.2. The summed E-state index contributed by atoms with van der Waals surface area (Å²) in [4.78, 5) is 10.3. The standard InChI is InChI=1S/C8H10O3S.C5H11NO2/c1-2-7-3-5-8(6-4-7)12(9,10)11;1-3-8-5(7)4(2)6/h3-6H,2H2,1H3,(H,9,10,11);4H,3,6H2,1-2H3. The zero-order chi connectivity index (χ0) is 15.8. The van der Waals surface area contributed by atoms with Gasteiger partial charge in [0.1, 0.15) is 6.04 Å². The Morgan fingerprint density at radius 1 is 1.30 bits per heavy atom. The Balaban J connectivity index is 0.000000396.